The average Bonchev–Trinajstić information content (AvgIpc) is 2.98. The lowest BCUT2D eigenvalue weighted by Crippen LogP contribution is -2.52. The molecule has 1 amide bonds. The first-order chi connectivity index (χ1) is 15.3. The van der Waals surface area contributed by atoms with Gasteiger partial charge in [0.1, 0.15) is 5.75 Å². The van der Waals surface area contributed by atoms with Crippen molar-refractivity contribution in [2.75, 3.05) is 19.7 Å². The number of likely N-dealkylation sites (tertiary alicyclic amines) is 1. The number of hydrogen-bond acceptors (Lipinski definition) is 2. The largest absolute Gasteiger partial charge is 0.493 e. The Kier molecular flexibility index (Phi) is 6.70. The summed E-state index contributed by atoms with van der Waals surface area (Å²) in [6, 6.07) is 12.4. The lowest BCUT2D eigenvalue weighted by Gasteiger charge is -2.44. The van der Waals surface area contributed by atoms with Crippen LogP contribution in [0.4, 0.5) is 13.2 Å². The number of carbonyl (C=O) groups is 1. The van der Waals surface area contributed by atoms with E-state index in [1.807, 2.05) is 29.2 Å². The van der Waals surface area contributed by atoms with Gasteiger partial charge < -0.3 is 9.64 Å². The minimum absolute atomic E-state index is 0.145. The van der Waals surface area contributed by atoms with E-state index in [1.54, 1.807) is 0 Å². The molecule has 1 atom stereocenters. The van der Waals surface area contributed by atoms with Crippen LogP contribution in [-0.2, 0) is 16.4 Å². The summed E-state index contributed by atoms with van der Waals surface area (Å²) >= 11 is 6.04. The predicted molar refractivity (Wildman–Crippen MR) is 118 cm³/mol. The average molecular weight is 466 g/mol. The molecule has 2 aromatic carbocycles. The number of hydrogen-bond donors (Lipinski definition) is 0. The van der Waals surface area contributed by atoms with Crippen molar-refractivity contribution in [1.29, 1.82) is 0 Å². The second-order valence-electron chi connectivity index (χ2n) is 8.89. The normalized spacial score (nSPS) is 20.9. The smallest absolute Gasteiger partial charge is 0.416 e. The zero-order valence-corrected chi connectivity index (χ0v) is 18.6. The Labute approximate surface area is 191 Å². The molecule has 1 aliphatic carbocycles. The first-order valence-electron chi connectivity index (χ1n) is 11.1. The molecule has 4 rings (SSSR count). The number of carbonyl (C=O) groups excluding carboxylic acids is 1. The van der Waals surface area contributed by atoms with Crippen LogP contribution in [0.25, 0.3) is 0 Å². The molecule has 1 saturated heterocycles. The van der Waals surface area contributed by atoms with E-state index in [2.05, 4.69) is 0 Å². The van der Waals surface area contributed by atoms with Gasteiger partial charge in [0.05, 0.1) is 17.6 Å². The van der Waals surface area contributed by atoms with Crippen LogP contribution < -0.4 is 4.74 Å². The van der Waals surface area contributed by atoms with E-state index >= 15 is 0 Å². The minimum Gasteiger partial charge on any atom is -0.493 e. The van der Waals surface area contributed by atoms with Crippen molar-refractivity contribution in [2.24, 2.45) is 5.92 Å². The number of alkyl halides is 3. The fraction of sp³-hybridized carbons (Fsp3) is 0.480. The van der Waals surface area contributed by atoms with Crippen LogP contribution in [0.15, 0.2) is 48.5 Å². The molecule has 0 aromatic heterocycles. The third-order valence-electron chi connectivity index (χ3n) is 6.74. The number of amides is 1. The highest BCUT2D eigenvalue weighted by atomic mass is 35.5. The van der Waals surface area contributed by atoms with Crippen molar-refractivity contribution in [3.8, 4) is 5.75 Å². The molecule has 1 saturated carbocycles. The molecule has 2 aromatic rings. The van der Waals surface area contributed by atoms with E-state index in [9.17, 15) is 18.0 Å². The lowest BCUT2D eigenvalue weighted by atomic mass is 9.63. The molecule has 32 heavy (non-hydrogen) atoms. The Hall–Kier alpha value is -2.21. The number of benzene rings is 2. The molecule has 1 aliphatic heterocycles. The van der Waals surface area contributed by atoms with Gasteiger partial charge in [-0.3, -0.25) is 4.79 Å². The summed E-state index contributed by atoms with van der Waals surface area (Å²) in [4.78, 5) is 15.6. The van der Waals surface area contributed by atoms with Gasteiger partial charge in [0.15, 0.2) is 0 Å². The molecule has 2 fully saturated rings. The van der Waals surface area contributed by atoms with Crippen molar-refractivity contribution < 1.29 is 22.7 Å². The minimum atomic E-state index is -4.36. The highest BCUT2D eigenvalue weighted by Crippen LogP contribution is 2.46. The molecular weight excluding hydrogens is 439 g/mol. The number of ether oxygens (including phenoxy) is 1. The van der Waals surface area contributed by atoms with Crippen molar-refractivity contribution >= 4 is 17.5 Å². The Morgan fingerprint density at radius 1 is 1.03 bits per heavy atom. The highest BCUT2D eigenvalue weighted by molar-refractivity contribution is 6.30. The van der Waals surface area contributed by atoms with Gasteiger partial charge in [-0.2, -0.15) is 13.2 Å². The maximum atomic E-state index is 13.6. The molecule has 0 radical (unpaired) electrons. The molecule has 172 valence electrons. The molecule has 7 heteroatoms. The van der Waals surface area contributed by atoms with Crippen LogP contribution in [0.3, 0.4) is 0 Å². The quantitative estimate of drug-likeness (QED) is 0.505. The summed E-state index contributed by atoms with van der Waals surface area (Å²) < 4.78 is 44.0. The summed E-state index contributed by atoms with van der Waals surface area (Å²) in [6.07, 6.45) is 1.23. The van der Waals surface area contributed by atoms with E-state index in [-0.39, 0.29) is 11.8 Å². The van der Waals surface area contributed by atoms with Gasteiger partial charge >= 0.3 is 6.18 Å². The van der Waals surface area contributed by atoms with Gasteiger partial charge in [0.2, 0.25) is 5.91 Å². The fourth-order valence-corrected chi connectivity index (χ4v) is 4.86. The summed E-state index contributed by atoms with van der Waals surface area (Å²) in [5.74, 6) is 0.732. The molecule has 3 nitrogen and oxygen atoms in total. The van der Waals surface area contributed by atoms with E-state index < -0.39 is 17.2 Å². The topological polar surface area (TPSA) is 29.5 Å². The monoisotopic (exact) mass is 465 g/mol. The molecular formula is C25H27ClF3NO2. The second kappa shape index (κ2) is 9.34. The second-order valence-corrected chi connectivity index (χ2v) is 9.33. The van der Waals surface area contributed by atoms with E-state index in [1.165, 1.54) is 12.1 Å². The van der Waals surface area contributed by atoms with Crippen LogP contribution in [-0.4, -0.2) is 30.5 Å². The SMILES string of the molecule is O=C(N1CCCCC(COc2ccc(C(F)(F)F)cc2)C1)C1(c2ccc(Cl)cc2)CCC1. The number of halogens is 4. The van der Waals surface area contributed by atoms with Crippen LogP contribution in [0.2, 0.25) is 5.02 Å². The Morgan fingerprint density at radius 3 is 2.31 bits per heavy atom. The van der Waals surface area contributed by atoms with Gasteiger partial charge in [0, 0.05) is 24.0 Å². The van der Waals surface area contributed by atoms with Gasteiger partial charge in [-0.1, -0.05) is 36.6 Å². The summed E-state index contributed by atoms with van der Waals surface area (Å²) in [5.41, 5.74) is -0.127. The molecule has 1 heterocycles. The lowest BCUT2D eigenvalue weighted by molar-refractivity contribution is -0.141. The zero-order chi connectivity index (χ0) is 22.8. The first-order valence-corrected chi connectivity index (χ1v) is 11.5. The van der Waals surface area contributed by atoms with Gasteiger partial charge in [-0.15, -0.1) is 0 Å². The van der Waals surface area contributed by atoms with Crippen molar-refractivity contribution in [3.05, 3.63) is 64.7 Å². The standard InChI is InChI=1S/C25H27ClF3NO2/c26-21-9-5-19(6-10-21)24(13-3-14-24)23(31)30-15-2-1-4-18(16-30)17-32-22-11-7-20(8-12-22)25(27,28)29/h5-12,18H,1-4,13-17H2. The zero-order valence-electron chi connectivity index (χ0n) is 17.8. The Bertz CT molecular complexity index is 924. The molecule has 2 aliphatic rings. The summed E-state index contributed by atoms with van der Waals surface area (Å²) in [6.45, 7) is 1.71. The molecule has 0 spiro atoms. The maximum absolute atomic E-state index is 13.6. The summed E-state index contributed by atoms with van der Waals surface area (Å²) in [7, 11) is 0. The predicted octanol–water partition coefficient (Wildman–Crippen LogP) is 6.49. The van der Waals surface area contributed by atoms with Crippen molar-refractivity contribution in [2.45, 2.75) is 50.1 Å². The molecule has 1 unspecified atom stereocenters. The van der Waals surface area contributed by atoms with Gasteiger partial charge in [-0.05, 0) is 67.6 Å². The number of nitrogens with zero attached hydrogens (tertiary/aromatic N) is 1. The Balaban J connectivity index is 1.41. The molecule has 0 N–H and O–H groups in total. The van der Waals surface area contributed by atoms with Gasteiger partial charge in [0.25, 0.3) is 0 Å². The van der Waals surface area contributed by atoms with Crippen molar-refractivity contribution in [1.82, 2.24) is 4.90 Å². The molecule has 0 bridgehead atoms. The van der Waals surface area contributed by atoms with E-state index in [0.717, 1.165) is 62.8 Å². The van der Waals surface area contributed by atoms with Gasteiger partial charge in [-0.25, -0.2) is 0 Å². The van der Waals surface area contributed by atoms with Crippen molar-refractivity contribution in [3.63, 3.8) is 0 Å². The third kappa shape index (κ3) is 4.90. The maximum Gasteiger partial charge on any atom is 0.416 e. The third-order valence-corrected chi connectivity index (χ3v) is 6.99. The van der Waals surface area contributed by atoms with Crippen LogP contribution >= 0.6 is 11.6 Å². The highest BCUT2D eigenvalue weighted by Gasteiger charge is 2.48. The van der Waals surface area contributed by atoms with E-state index in [0.29, 0.717) is 23.9 Å². The first kappa shape index (κ1) is 23.0. The Morgan fingerprint density at radius 2 is 1.72 bits per heavy atom. The van der Waals surface area contributed by atoms with Crippen LogP contribution in [0, 0.1) is 5.92 Å². The van der Waals surface area contributed by atoms with Crippen LogP contribution in [0.1, 0.15) is 49.7 Å². The van der Waals surface area contributed by atoms with Crippen LogP contribution in [0.5, 0.6) is 5.75 Å². The summed E-state index contributed by atoms with van der Waals surface area (Å²) in [5, 5.41) is 0.658. The van der Waals surface area contributed by atoms with E-state index in [4.69, 9.17) is 16.3 Å². The number of rotatable bonds is 5. The fourth-order valence-electron chi connectivity index (χ4n) is 4.73.